The quantitative estimate of drug-likeness (QED) is 0.709. The van der Waals surface area contributed by atoms with Crippen molar-refractivity contribution >= 4 is 0 Å². The molecule has 2 aromatic rings. The molecule has 0 unspecified atom stereocenters. The van der Waals surface area contributed by atoms with E-state index in [2.05, 4.69) is 17.0 Å². The highest BCUT2D eigenvalue weighted by molar-refractivity contribution is 5.43. The molecule has 1 heterocycles. The molecule has 0 amide bonds. The summed E-state index contributed by atoms with van der Waals surface area (Å²) in [6.45, 7) is 7.10. The molecule has 0 spiro atoms. The first-order valence-electron chi connectivity index (χ1n) is 9.09. The van der Waals surface area contributed by atoms with Gasteiger partial charge in [-0.25, -0.2) is 4.39 Å². The fourth-order valence-electron chi connectivity index (χ4n) is 3.51. The lowest BCUT2D eigenvalue weighted by Gasteiger charge is -2.25. The van der Waals surface area contributed by atoms with Crippen LogP contribution >= 0.6 is 0 Å². The van der Waals surface area contributed by atoms with Crippen LogP contribution in [0.5, 0.6) is 11.5 Å². The Bertz CT molecular complexity index is 687. The minimum Gasteiger partial charge on any atom is -0.490 e. The van der Waals surface area contributed by atoms with E-state index in [1.54, 1.807) is 12.1 Å². The van der Waals surface area contributed by atoms with Crippen molar-refractivity contribution in [1.29, 1.82) is 0 Å². The van der Waals surface area contributed by atoms with Crippen molar-refractivity contribution in [3.8, 4) is 11.5 Å². The summed E-state index contributed by atoms with van der Waals surface area (Å²) in [6.07, 6.45) is 2.28. The molecule has 1 saturated heterocycles. The summed E-state index contributed by atoms with van der Waals surface area (Å²) in [7, 11) is 0. The van der Waals surface area contributed by atoms with E-state index in [1.165, 1.54) is 11.1 Å². The number of rotatable bonds is 7. The van der Waals surface area contributed by atoms with Gasteiger partial charge in [-0.2, -0.15) is 0 Å². The van der Waals surface area contributed by atoms with E-state index in [0.29, 0.717) is 19.3 Å². The van der Waals surface area contributed by atoms with Crippen molar-refractivity contribution in [3.63, 3.8) is 0 Å². The van der Waals surface area contributed by atoms with Gasteiger partial charge >= 0.3 is 0 Å². The van der Waals surface area contributed by atoms with E-state index < -0.39 is 0 Å². The Morgan fingerprint density at radius 1 is 1.00 bits per heavy atom. The van der Waals surface area contributed by atoms with Crippen molar-refractivity contribution < 1.29 is 13.9 Å². The van der Waals surface area contributed by atoms with Gasteiger partial charge in [0.05, 0.1) is 13.2 Å². The van der Waals surface area contributed by atoms with Crippen molar-refractivity contribution in [2.75, 3.05) is 19.8 Å². The monoisotopic (exact) mass is 343 g/mol. The molecule has 1 aliphatic heterocycles. The van der Waals surface area contributed by atoms with Crippen LogP contribution in [0.4, 0.5) is 4.39 Å². The van der Waals surface area contributed by atoms with Crippen molar-refractivity contribution in [2.45, 2.75) is 39.3 Å². The maximum atomic E-state index is 13.2. The second kappa shape index (κ2) is 8.34. The maximum absolute atomic E-state index is 13.2. The largest absolute Gasteiger partial charge is 0.490 e. The zero-order valence-electron chi connectivity index (χ0n) is 15.0. The first kappa shape index (κ1) is 17.7. The zero-order chi connectivity index (χ0) is 17.6. The minimum absolute atomic E-state index is 0.179. The van der Waals surface area contributed by atoms with Crippen molar-refractivity contribution in [1.82, 2.24) is 4.90 Å². The zero-order valence-corrected chi connectivity index (χ0v) is 15.0. The molecular formula is C21H26FNO2. The van der Waals surface area contributed by atoms with Crippen LogP contribution in [0.3, 0.4) is 0 Å². The Balaban J connectivity index is 1.76. The Kier molecular flexibility index (Phi) is 5.92. The molecule has 1 fully saturated rings. The van der Waals surface area contributed by atoms with Gasteiger partial charge in [-0.05, 0) is 68.6 Å². The fourth-order valence-corrected chi connectivity index (χ4v) is 3.51. The lowest BCUT2D eigenvalue weighted by atomic mass is 10.0. The molecule has 0 aromatic heterocycles. The van der Waals surface area contributed by atoms with E-state index in [-0.39, 0.29) is 5.82 Å². The van der Waals surface area contributed by atoms with E-state index >= 15 is 0 Å². The third-order valence-corrected chi connectivity index (χ3v) is 4.61. The van der Waals surface area contributed by atoms with Crippen LogP contribution < -0.4 is 9.47 Å². The summed E-state index contributed by atoms with van der Waals surface area (Å²) in [5, 5.41) is 0. The highest BCUT2D eigenvalue weighted by Crippen LogP contribution is 2.35. The van der Waals surface area contributed by atoms with Gasteiger partial charge in [0.1, 0.15) is 5.82 Å². The second-order valence-corrected chi connectivity index (χ2v) is 6.33. The van der Waals surface area contributed by atoms with Crippen LogP contribution in [0.2, 0.25) is 0 Å². The van der Waals surface area contributed by atoms with Gasteiger partial charge in [-0.15, -0.1) is 0 Å². The van der Waals surface area contributed by atoms with Gasteiger partial charge in [0.2, 0.25) is 0 Å². The van der Waals surface area contributed by atoms with Crippen LogP contribution in [-0.2, 0) is 6.54 Å². The molecule has 0 radical (unpaired) electrons. The summed E-state index contributed by atoms with van der Waals surface area (Å²) in [5.41, 5.74) is 2.40. The Hall–Kier alpha value is -2.07. The smallest absolute Gasteiger partial charge is 0.161 e. The molecule has 0 bridgehead atoms. The average Bonchev–Trinajstić information content (AvgIpc) is 3.06. The summed E-state index contributed by atoms with van der Waals surface area (Å²) in [4.78, 5) is 2.46. The fraction of sp³-hybridized carbons (Fsp3) is 0.429. The van der Waals surface area contributed by atoms with Crippen LogP contribution in [0, 0.1) is 5.82 Å². The summed E-state index contributed by atoms with van der Waals surface area (Å²) < 4.78 is 24.6. The molecule has 3 rings (SSSR count). The van der Waals surface area contributed by atoms with E-state index in [9.17, 15) is 4.39 Å². The molecule has 3 nitrogen and oxygen atoms in total. The standard InChI is InChI=1S/C21H26FNO2/c1-3-24-20-12-7-16(14-21(20)25-4-2)15-23-13-5-6-19(23)17-8-10-18(22)11-9-17/h7-12,14,19H,3-6,13,15H2,1-2H3/t19-/m1/s1. The summed E-state index contributed by atoms with van der Waals surface area (Å²) >= 11 is 0. The van der Waals surface area contributed by atoms with E-state index in [1.807, 2.05) is 32.0 Å². The Labute approximate surface area is 149 Å². The minimum atomic E-state index is -0.179. The van der Waals surface area contributed by atoms with Crippen molar-refractivity contribution in [2.24, 2.45) is 0 Å². The molecule has 1 aliphatic rings. The number of nitrogens with zero attached hydrogens (tertiary/aromatic N) is 1. The molecule has 0 saturated carbocycles. The first-order chi connectivity index (χ1) is 12.2. The summed E-state index contributed by atoms with van der Waals surface area (Å²) in [5.74, 6) is 1.42. The molecule has 0 N–H and O–H groups in total. The average molecular weight is 343 g/mol. The van der Waals surface area contributed by atoms with Gasteiger partial charge in [0, 0.05) is 12.6 Å². The predicted octanol–water partition coefficient (Wildman–Crippen LogP) is 4.96. The molecule has 4 heteroatoms. The Morgan fingerprint density at radius 2 is 1.72 bits per heavy atom. The topological polar surface area (TPSA) is 21.7 Å². The normalized spacial score (nSPS) is 17.6. The van der Waals surface area contributed by atoms with E-state index in [4.69, 9.17) is 9.47 Å². The maximum Gasteiger partial charge on any atom is 0.161 e. The Morgan fingerprint density at radius 3 is 2.44 bits per heavy atom. The number of benzene rings is 2. The van der Waals surface area contributed by atoms with Crippen LogP contribution in [-0.4, -0.2) is 24.7 Å². The van der Waals surface area contributed by atoms with E-state index in [0.717, 1.165) is 37.4 Å². The SMILES string of the molecule is CCOc1ccc(CN2CCC[C@@H]2c2ccc(F)cc2)cc1OCC. The number of hydrogen-bond acceptors (Lipinski definition) is 3. The van der Waals surface area contributed by atoms with Gasteiger partial charge in [0.25, 0.3) is 0 Å². The third kappa shape index (κ3) is 4.31. The number of halogens is 1. The second-order valence-electron chi connectivity index (χ2n) is 6.33. The van der Waals surface area contributed by atoms with Crippen molar-refractivity contribution in [3.05, 3.63) is 59.4 Å². The number of ether oxygens (including phenoxy) is 2. The van der Waals surface area contributed by atoms with Crippen LogP contribution in [0.15, 0.2) is 42.5 Å². The summed E-state index contributed by atoms with van der Waals surface area (Å²) in [6, 6.07) is 13.4. The number of likely N-dealkylation sites (tertiary alicyclic amines) is 1. The van der Waals surface area contributed by atoms with Crippen LogP contribution in [0.1, 0.15) is 43.9 Å². The molecule has 2 aromatic carbocycles. The molecular weight excluding hydrogens is 317 g/mol. The first-order valence-corrected chi connectivity index (χ1v) is 9.09. The predicted molar refractivity (Wildman–Crippen MR) is 97.6 cm³/mol. The van der Waals surface area contributed by atoms with Gasteiger partial charge in [-0.1, -0.05) is 18.2 Å². The van der Waals surface area contributed by atoms with Gasteiger partial charge in [0.15, 0.2) is 11.5 Å². The highest BCUT2D eigenvalue weighted by atomic mass is 19.1. The molecule has 25 heavy (non-hydrogen) atoms. The lowest BCUT2D eigenvalue weighted by Crippen LogP contribution is -2.22. The van der Waals surface area contributed by atoms with Crippen LogP contribution in [0.25, 0.3) is 0 Å². The van der Waals surface area contributed by atoms with Gasteiger partial charge in [-0.3, -0.25) is 4.90 Å². The highest BCUT2D eigenvalue weighted by Gasteiger charge is 2.26. The lowest BCUT2D eigenvalue weighted by molar-refractivity contribution is 0.247. The number of hydrogen-bond donors (Lipinski definition) is 0. The third-order valence-electron chi connectivity index (χ3n) is 4.61. The molecule has 1 atom stereocenters. The van der Waals surface area contributed by atoms with Gasteiger partial charge < -0.3 is 9.47 Å². The molecule has 134 valence electrons. The molecule has 0 aliphatic carbocycles.